The van der Waals surface area contributed by atoms with Gasteiger partial charge in [0.05, 0.1) is 22.7 Å². The summed E-state index contributed by atoms with van der Waals surface area (Å²) in [6.07, 6.45) is 1.02. The largest absolute Gasteiger partial charge is 0.462 e. The molecule has 0 radical (unpaired) electrons. The molecule has 0 aliphatic rings. The first-order valence-electron chi connectivity index (χ1n) is 7.77. The number of nitrogens with zero attached hydrogens (tertiary/aromatic N) is 3. The molecule has 0 amide bonds. The predicted molar refractivity (Wildman–Crippen MR) is 97.2 cm³/mol. The summed E-state index contributed by atoms with van der Waals surface area (Å²) in [6, 6.07) is 6.05. The molecule has 0 aliphatic carbocycles. The first-order valence-corrected chi connectivity index (χ1v) is 8.65. The Balaban J connectivity index is 2.07. The molecule has 3 aromatic rings. The Hall–Kier alpha value is -3.07. The third-order valence-electron chi connectivity index (χ3n) is 3.60. The van der Waals surface area contributed by atoms with E-state index in [0.717, 1.165) is 0 Å². The Bertz CT molecular complexity index is 1050. The van der Waals surface area contributed by atoms with Gasteiger partial charge in [-0.2, -0.15) is 0 Å². The van der Waals surface area contributed by atoms with Crippen LogP contribution < -0.4 is 5.56 Å². The smallest absolute Gasteiger partial charge is 0.326 e. The van der Waals surface area contributed by atoms with E-state index >= 15 is 0 Å². The highest BCUT2D eigenvalue weighted by atomic mass is 32.1. The second-order valence-electron chi connectivity index (χ2n) is 5.85. The van der Waals surface area contributed by atoms with Crippen LogP contribution in [-0.4, -0.2) is 26.5 Å². The van der Waals surface area contributed by atoms with Gasteiger partial charge in [0.25, 0.3) is 11.2 Å². The van der Waals surface area contributed by atoms with Gasteiger partial charge in [-0.1, -0.05) is 12.1 Å². The number of nitro groups is 1. The molecule has 0 N–H and O–H groups in total. The SMILES string of the molecule is CC(C)OC(=O)Cn1cnc2scc(-c3cccc([N+](=O)[O-])c3)c2c1=O. The summed E-state index contributed by atoms with van der Waals surface area (Å²) in [7, 11) is 0. The number of ether oxygens (including phenoxy) is 1. The molecule has 0 saturated heterocycles. The van der Waals surface area contributed by atoms with Crippen LogP contribution in [0.1, 0.15) is 13.8 Å². The normalized spacial score (nSPS) is 11.0. The van der Waals surface area contributed by atoms with Crippen molar-refractivity contribution in [3.63, 3.8) is 0 Å². The first kappa shape index (κ1) is 17.7. The highest BCUT2D eigenvalue weighted by Crippen LogP contribution is 2.32. The number of nitro benzene ring substituents is 1. The third-order valence-corrected chi connectivity index (χ3v) is 4.48. The van der Waals surface area contributed by atoms with Crippen molar-refractivity contribution >= 4 is 33.2 Å². The molecule has 0 fully saturated rings. The molecule has 8 nitrogen and oxygen atoms in total. The summed E-state index contributed by atoms with van der Waals surface area (Å²) < 4.78 is 6.24. The highest BCUT2D eigenvalue weighted by Gasteiger charge is 2.17. The Morgan fingerprint density at radius 2 is 2.19 bits per heavy atom. The number of benzene rings is 1. The fourth-order valence-corrected chi connectivity index (χ4v) is 3.43. The molecule has 0 saturated carbocycles. The average molecular weight is 373 g/mol. The minimum absolute atomic E-state index is 0.0634. The molecule has 9 heteroatoms. The number of thiophene rings is 1. The number of hydrogen-bond acceptors (Lipinski definition) is 7. The molecular weight excluding hydrogens is 358 g/mol. The van der Waals surface area contributed by atoms with Crippen molar-refractivity contribution in [2.45, 2.75) is 26.5 Å². The minimum Gasteiger partial charge on any atom is -0.462 e. The van der Waals surface area contributed by atoms with Crippen molar-refractivity contribution < 1.29 is 14.5 Å². The molecule has 0 atom stereocenters. The van der Waals surface area contributed by atoms with Crippen molar-refractivity contribution in [1.82, 2.24) is 9.55 Å². The van der Waals surface area contributed by atoms with E-state index in [9.17, 15) is 19.7 Å². The van der Waals surface area contributed by atoms with E-state index < -0.39 is 16.5 Å². The van der Waals surface area contributed by atoms with E-state index in [0.29, 0.717) is 21.3 Å². The number of carbonyl (C=O) groups excluding carboxylic acids is 1. The maximum Gasteiger partial charge on any atom is 0.326 e. The van der Waals surface area contributed by atoms with Crippen molar-refractivity contribution in [3.8, 4) is 11.1 Å². The number of non-ortho nitro benzene ring substituents is 1. The van der Waals surface area contributed by atoms with Crippen LogP contribution in [0.5, 0.6) is 0 Å². The number of carbonyl (C=O) groups is 1. The van der Waals surface area contributed by atoms with Gasteiger partial charge in [-0.3, -0.25) is 24.3 Å². The minimum atomic E-state index is -0.532. The van der Waals surface area contributed by atoms with E-state index in [-0.39, 0.29) is 18.3 Å². The fourth-order valence-electron chi connectivity index (χ4n) is 2.52. The number of esters is 1. The lowest BCUT2D eigenvalue weighted by atomic mass is 10.1. The molecule has 2 aromatic heterocycles. The van der Waals surface area contributed by atoms with Crippen molar-refractivity contribution in [2.75, 3.05) is 0 Å². The van der Waals surface area contributed by atoms with Gasteiger partial charge < -0.3 is 4.74 Å². The van der Waals surface area contributed by atoms with Gasteiger partial charge in [0.15, 0.2) is 0 Å². The second kappa shape index (κ2) is 7.04. The maximum absolute atomic E-state index is 12.8. The summed E-state index contributed by atoms with van der Waals surface area (Å²) in [6.45, 7) is 3.20. The Labute approximate surface area is 151 Å². The van der Waals surface area contributed by atoms with Crippen molar-refractivity contribution in [2.24, 2.45) is 0 Å². The van der Waals surface area contributed by atoms with E-state index in [1.54, 1.807) is 31.4 Å². The van der Waals surface area contributed by atoms with Gasteiger partial charge in [0.2, 0.25) is 0 Å². The van der Waals surface area contributed by atoms with Crippen molar-refractivity contribution in [1.29, 1.82) is 0 Å². The highest BCUT2D eigenvalue weighted by molar-refractivity contribution is 7.17. The van der Waals surface area contributed by atoms with Crippen LogP contribution in [0.15, 0.2) is 40.8 Å². The van der Waals surface area contributed by atoms with Gasteiger partial charge in [-0.05, 0) is 19.4 Å². The van der Waals surface area contributed by atoms with Gasteiger partial charge >= 0.3 is 5.97 Å². The van der Waals surface area contributed by atoms with Crippen LogP contribution in [-0.2, 0) is 16.1 Å². The summed E-state index contributed by atoms with van der Waals surface area (Å²) in [5, 5.41) is 13.1. The molecule has 1 aromatic carbocycles. The molecule has 0 spiro atoms. The maximum atomic E-state index is 12.8. The molecule has 3 rings (SSSR count). The molecule has 134 valence electrons. The molecular formula is C17H15N3O5S. The topological polar surface area (TPSA) is 104 Å². The van der Waals surface area contributed by atoms with E-state index in [2.05, 4.69) is 4.98 Å². The first-order chi connectivity index (χ1) is 12.4. The zero-order chi connectivity index (χ0) is 18.8. The van der Waals surface area contributed by atoms with Crippen molar-refractivity contribution in [3.05, 3.63) is 56.4 Å². The second-order valence-corrected chi connectivity index (χ2v) is 6.71. The Kier molecular flexibility index (Phi) is 4.81. The average Bonchev–Trinajstić information content (AvgIpc) is 3.01. The number of rotatable bonds is 5. The van der Waals surface area contributed by atoms with E-state index in [4.69, 9.17) is 4.74 Å². The molecule has 0 aliphatic heterocycles. The van der Waals surface area contributed by atoms with Crippen LogP contribution in [0.2, 0.25) is 0 Å². The van der Waals surface area contributed by atoms with Gasteiger partial charge in [-0.25, -0.2) is 4.98 Å². The molecule has 0 bridgehead atoms. The quantitative estimate of drug-likeness (QED) is 0.387. The third kappa shape index (κ3) is 3.47. The zero-order valence-electron chi connectivity index (χ0n) is 14.0. The lowest BCUT2D eigenvalue weighted by molar-refractivity contribution is -0.384. The predicted octanol–water partition coefficient (Wildman–Crippen LogP) is 2.98. The molecule has 26 heavy (non-hydrogen) atoms. The number of aromatic nitrogens is 2. The molecule has 2 heterocycles. The van der Waals surface area contributed by atoms with Crippen LogP contribution in [0.4, 0.5) is 5.69 Å². The summed E-state index contributed by atoms with van der Waals surface area (Å²) in [4.78, 5) is 39.9. The monoisotopic (exact) mass is 373 g/mol. The fraction of sp³-hybridized carbons (Fsp3) is 0.235. The number of fused-ring (bicyclic) bond motifs is 1. The van der Waals surface area contributed by atoms with Crippen LogP contribution in [0.25, 0.3) is 21.3 Å². The lowest BCUT2D eigenvalue weighted by Gasteiger charge is -2.09. The van der Waals surface area contributed by atoms with Crippen LogP contribution in [0.3, 0.4) is 0 Å². The van der Waals surface area contributed by atoms with E-state index in [1.165, 1.54) is 34.4 Å². The summed E-state index contributed by atoms with van der Waals surface area (Å²) in [5.41, 5.74) is 0.648. The summed E-state index contributed by atoms with van der Waals surface area (Å²) in [5.74, 6) is -0.532. The Morgan fingerprint density at radius 3 is 2.88 bits per heavy atom. The van der Waals surface area contributed by atoms with Crippen LogP contribution in [0, 0.1) is 10.1 Å². The molecule has 0 unspecified atom stereocenters. The number of hydrogen-bond donors (Lipinski definition) is 0. The Morgan fingerprint density at radius 1 is 1.42 bits per heavy atom. The summed E-state index contributed by atoms with van der Waals surface area (Å²) >= 11 is 1.26. The standard InChI is InChI=1S/C17H15N3O5S/c1-10(2)25-14(21)7-19-9-18-16-15(17(19)22)13(8-26-16)11-4-3-5-12(6-11)20(23)24/h3-6,8-10H,7H2,1-2H3. The zero-order valence-corrected chi connectivity index (χ0v) is 14.9. The van der Waals surface area contributed by atoms with Gasteiger partial charge in [-0.15, -0.1) is 11.3 Å². The van der Waals surface area contributed by atoms with Gasteiger partial charge in [0.1, 0.15) is 11.4 Å². The van der Waals surface area contributed by atoms with Crippen LogP contribution >= 0.6 is 11.3 Å². The van der Waals surface area contributed by atoms with E-state index in [1.807, 2.05) is 0 Å². The van der Waals surface area contributed by atoms with Gasteiger partial charge in [0, 0.05) is 23.1 Å². The lowest BCUT2D eigenvalue weighted by Crippen LogP contribution is -2.26.